The minimum atomic E-state index is -3.37. The molecule has 6 nitrogen and oxygen atoms in total. The van der Waals surface area contributed by atoms with E-state index < -0.39 is 10.0 Å². The van der Waals surface area contributed by atoms with Crippen molar-refractivity contribution in [3.63, 3.8) is 0 Å². The topological polar surface area (TPSA) is 67.2 Å². The van der Waals surface area contributed by atoms with E-state index in [-0.39, 0.29) is 6.04 Å². The number of sulfonamides is 1. The number of nitrogens with zero attached hydrogens (tertiary/aromatic N) is 3. The van der Waals surface area contributed by atoms with E-state index in [1.807, 2.05) is 11.6 Å². The number of likely N-dealkylation sites (N-methyl/N-ethyl adjacent to an activating group) is 1. The van der Waals surface area contributed by atoms with Crippen LogP contribution in [0.4, 0.5) is 0 Å². The third kappa shape index (κ3) is 1.77. The van der Waals surface area contributed by atoms with Crippen molar-refractivity contribution < 1.29 is 8.42 Å². The molecule has 1 N–H and O–H groups in total. The quantitative estimate of drug-likeness (QED) is 0.827. The third-order valence-electron chi connectivity index (χ3n) is 3.85. The van der Waals surface area contributed by atoms with Gasteiger partial charge in [-0.25, -0.2) is 13.4 Å². The van der Waals surface area contributed by atoms with Gasteiger partial charge in [-0.1, -0.05) is 0 Å². The van der Waals surface area contributed by atoms with Crippen molar-refractivity contribution in [3.05, 3.63) is 12.0 Å². The molecule has 1 atom stereocenters. The molecule has 18 heavy (non-hydrogen) atoms. The van der Waals surface area contributed by atoms with Crippen molar-refractivity contribution >= 4 is 10.0 Å². The van der Waals surface area contributed by atoms with E-state index in [2.05, 4.69) is 10.3 Å². The fraction of sp³-hybridized carbons (Fsp3) is 0.727. The minimum absolute atomic E-state index is 0.265. The Kier molecular flexibility index (Phi) is 2.91. The first-order valence-corrected chi connectivity index (χ1v) is 7.79. The van der Waals surface area contributed by atoms with Crippen molar-refractivity contribution in [1.82, 2.24) is 19.2 Å². The highest BCUT2D eigenvalue weighted by molar-refractivity contribution is 7.89. The summed E-state index contributed by atoms with van der Waals surface area (Å²) >= 11 is 0. The molecule has 0 spiro atoms. The van der Waals surface area contributed by atoms with E-state index >= 15 is 0 Å². The molecule has 3 heterocycles. The Morgan fingerprint density at radius 1 is 1.44 bits per heavy atom. The van der Waals surface area contributed by atoms with Crippen LogP contribution in [0.15, 0.2) is 11.2 Å². The molecule has 1 unspecified atom stereocenters. The maximum absolute atomic E-state index is 12.6. The second-order valence-corrected chi connectivity index (χ2v) is 6.79. The predicted octanol–water partition coefficient (Wildman–Crippen LogP) is -0.188. The van der Waals surface area contributed by atoms with Crippen LogP contribution in [0.25, 0.3) is 0 Å². The molecule has 2 aliphatic heterocycles. The van der Waals surface area contributed by atoms with Crippen LogP contribution in [0.2, 0.25) is 0 Å². The van der Waals surface area contributed by atoms with Gasteiger partial charge in [-0.2, -0.15) is 4.31 Å². The first-order chi connectivity index (χ1) is 8.63. The lowest BCUT2D eigenvalue weighted by Crippen LogP contribution is -2.34. The Labute approximate surface area is 107 Å². The molecule has 1 fully saturated rings. The number of nitrogens with one attached hydrogen (secondary N) is 1. The average molecular weight is 270 g/mol. The normalized spacial score (nSPS) is 24.6. The second-order valence-electron chi connectivity index (χ2n) is 4.91. The Morgan fingerprint density at radius 3 is 3.00 bits per heavy atom. The van der Waals surface area contributed by atoms with Crippen LogP contribution in [0.1, 0.15) is 18.7 Å². The summed E-state index contributed by atoms with van der Waals surface area (Å²) in [6.07, 6.45) is 4.26. The fourth-order valence-electron chi connectivity index (χ4n) is 2.75. The summed E-state index contributed by atoms with van der Waals surface area (Å²) in [5.41, 5.74) is 0. The van der Waals surface area contributed by atoms with Gasteiger partial charge in [0.15, 0.2) is 5.03 Å². The van der Waals surface area contributed by atoms with Crippen molar-refractivity contribution in [2.75, 3.05) is 20.1 Å². The summed E-state index contributed by atoms with van der Waals surface area (Å²) in [7, 11) is -1.50. The molecular formula is C11H18N4O2S. The maximum atomic E-state index is 12.6. The molecule has 3 rings (SSSR count). The van der Waals surface area contributed by atoms with Gasteiger partial charge < -0.3 is 9.88 Å². The van der Waals surface area contributed by atoms with Gasteiger partial charge in [0.25, 0.3) is 10.0 Å². The predicted molar refractivity (Wildman–Crippen MR) is 66.8 cm³/mol. The third-order valence-corrected chi connectivity index (χ3v) is 5.71. The summed E-state index contributed by atoms with van der Waals surface area (Å²) in [6, 6.07) is 0.265. The Balaban J connectivity index is 1.91. The number of aryl methyl sites for hydroxylation is 1. The Hall–Kier alpha value is -0.920. The molecule has 0 aliphatic carbocycles. The van der Waals surface area contributed by atoms with Crippen LogP contribution >= 0.6 is 0 Å². The lowest BCUT2D eigenvalue weighted by molar-refractivity contribution is 0.456. The molecule has 0 radical (unpaired) electrons. The molecule has 100 valence electrons. The molecule has 1 saturated heterocycles. The fourth-order valence-corrected chi connectivity index (χ4v) is 4.40. The summed E-state index contributed by atoms with van der Waals surface area (Å²) in [5, 5.41) is 3.50. The SMILES string of the molecule is CNC1CCN(S(=O)(=O)c2cnc3n2CCC3)C1. The van der Waals surface area contributed by atoms with Crippen molar-refractivity contribution in [3.8, 4) is 0 Å². The van der Waals surface area contributed by atoms with Gasteiger partial charge in [-0.3, -0.25) is 0 Å². The van der Waals surface area contributed by atoms with Crippen LogP contribution in [0.3, 0.4) is 0 Å². The smallest absolute Gasteiger partial charge is 0.260 e. The van der Waals surface area contributed by atoms with Crippen molar-refractivity contribution in [2.24, 2.45) is 0 Å². The number of imidazole rings is 1. The monoisotopic (exact) mass is 270 g/mol. The number of rotatable bonds is 3. The maximum Gasteiger partial charge on any atom is 0.260 e. The van der Waals surface area contributed by atoms with Gasteiger partial charge in [0.1, 0.15) is 5.82 Å². The van der Waals surface area contributed by atoms with E-state index in [4.69, 9.17) is 0 Å². The van der Waals surface area contributed by atoms with E-state index in [1.165, 1.54) is 6.20 Å². The Morgan fingerprint density at radius 2 is 2.28 bits per heavy atom. The first-order valence-electron chi connectivity index (χ1n) is 6.35. The van der Waals surface area contributed by atoms with Crippen LogP contribution in [0.5, 0.6) is 0 Å². The van der Waals surface area contributed by atoms with Crippen LogP contribution < -0.4 is 5.32 Å². The minimum Gasteiger partial charge on any atom is -0.318 e. The second kappa shape index (κ2) is 4.32. The van der Waals surface area contributed by atoms with Crippen molar-refractivity contribution in [2.45, 2.75) is 36.9 Å². The number of fused-ring (bicyclic) bond motifs is 1. The van der Waals surface area contributed by atoms with Gasteiger partial charge >= 0.3 is 0 Å². The van der Waals surface area contributed by atoms with Crippen LogP contribution in [0, 0.1) is 0 Å². The van der Waals surface area contributed by atoms with E-state index in [0.29, 0.717) is 18.1 Å². The lowest BCUT2D eigenvalue weighted by Gasteiger charge is -2.16. The molecule has 1 aromatic heterocycles. The summed E-state index contributed by atoms with van der Waals surface area (Å²) in [5.74, 6) is 0.901. The first kappa shape index (κ1) is 12.1. The van der Waals surface area contributed by atoms with Gasteiger partial charge in [-0.05, 0) is 19.9 Å². The van der Waals surface area contributed by atoms with E-state index in [1.54, 1.807) is 4.31 Å². The molecule has 0 amide bonds. The van der Waals surface area contributed by atoms with Crippen LogP contribution in [-0.4, -0.2) is 48.5 Å². The number of hydrogen-bond acceptors (Lipinski definition) is 4. The van der Waals surface area contributed by atoms with E-state index in [0.717, 1.165) is 31.6 Å². The van der Waals surface area contributed by atoms with Gasteiger partial charge in [0, 0.05) is 32.1 Å². The average Bonchev–Trinajstić information content (AvgIpc) is 3.04. The van der Waals surface area contributed by atoms with Crippen molar-refractivity contribution in [1.29, 1.82) is 0 Å². The molecule has 1 aromatic rings. The molecule has 7 heteroatoms. The molecule has 0 saturated carbocycles. The standard InChI is InChI=1S/C11H18N4O2S/c1-12-9-4-6-14(8-9)18(16,17)11-7-13-10-3-2-5-15(10)11/h7,9,12H,2-6,8H2,1H3. The summed E-state index contributed by atoms with van der Waals surface area (Å²) in [4.78, 5) is 4.22. The number of aromatic nitrogens is 2. The van der Waals surface area contributed by atoms with E-state index in [9.17, 15) is 8.42 Å². The largest absolute Gasteiger partial charge is 0.318 e. The van der Waals surface area contributed by atoms with Gasteiger partial charge in [0.2, 0.25) is 0 Å². The molecular weight excluding hydrogens is 252 g/mol. The van der Waals surface area contributed by atoms with Crippen LogP contribution in [-0.2, 0) is 23.0 Å². The highest BCUT2D eigenvalue weighted by Crippen LogP contribution is 2.25. The molecule has 0 bridgehead atoms. The zero-order chi connectivity index (χ0) is 12.8. The summed E-state index contributed by atoms with van der Waals surface area (Å²) < 4.78 is 28.5. The lowest BCUT2D eigenvalue weighted by atomic mass is 10.3. The highest BCUT2D eigenvalue weighted by Gasteiger charge is 2.35. The zero-order valence-electron chi connectivity index (χ0n) is 10.5. The number of hydrogen-bond donors (Lipinski definition) is 1. The zero-order valence-corrected chi connectivity index (χ0v) is 11.3. The van der Waals surface area contributed by atoms with Gasteiger partial charge in [0.05, 0.1) is 6.20 Å². The Bertz CT molecular complexity index is 551. The summed E-state index contributed by atoms with van der Waals surface area (Å²) in [6.45, 7) is 1.92. The highest BCUT2D eigenvalue weighted by atomic mass is 32.2. The van der Waals surface area contributed by atoms with Gasteiger partial charge in [-0.15, -0.1) is 0 Å². The molecule has 0 aromatic carbocycles. The molecule has 2 aliphatic rings.